The SMILES string of the molecule is CCn1nc(C)c2[nH]c(=S)n(CCc3ccc(Cl)cc3)c21. The average molecular weight is 321 g/mol. The third-order valence-electron chi connectivity index (χ3n) is 3.67. The monoisotopic (exact) mass is 320 g/mol. The molecule has 21 heavy (non-hydrogen) atoms. The van der Waals surface area contributed by atoms with Crippen molar-refractivity contribution in [3.05, 3.63) is 45.3 Å². The highest BCUT2D eigenvalue weighted by Crippen LogP contribution is 2.19. The maximum absolute atomic E-state index is 5.92. The predicted molar refractivity (Wildman–Crippen MR) is 88.5 cm³/mol. The molecule has 3 rings (SSSR count). The van der Waals surface area contributed by atoms with Crippen LogP contribution < -0.4 is 0 Å². The fourth-order valence-corrected chi connectivity index (χ4v) is 2.99. The first-order chi connectivity index (χ1) is 10.1. The molecule has 0 saturated heterocycles. The van der Waals surface area contributed by atoms with Gasteiger partial charge in [-0.2, -0.15) is 5.10 Å². The molecule has 0 unspecified atom stereocenters. The number of imidazole rings is 1. The van der Waals surface area contributed by atoms with Crippen molar-refractivity contribution in [3.8, 4) is 0 Å². The quantitative estimate of drug-likeness (QED) is 0.734. The molecule has 0 fully saturated rings. The highest BCUT2D eigenvalue weighted by Gasteiger charge is 2.13. The Morgan fingerprint density at radius 3 is 2.67 bits per heavy atom. The Labute approximate surface area is 133 Å². The topological polar surface area (TPSA) is 38.5 Å². The zero-order chi connectivity index (χ0) is 15.0. The van der Waals surface area contributed by atoms with E-state index in [9.17, 15) is 0 Å². The number of nitrogens with one attached hydrogen (secondary N) is 1. The molecule has 0 radical (unpaired) electrons. The minimum absolute atomic E-state index is 0.752. The summed E-state index contributed by atoms with van der Waals surface area (Å²) in [7, 11) is 0. The largest absolute Gasteiger partial charge is 0.328 e. The van der Waals surface area contributed by atoms with Crippen LogP contribution in [0, 0.1) is 11.7 Å². The van der Waals surface area contributed by atoms with E-state index in [1.54, 1.807) is 0 Å². The molecule has 0 amide bonds. The molecule has 6 heteroatoms. The summed E-state index contributed by atoms with van der Waals surface area (Å²) in [4.78, 5) is 3.27. The zero-order valence-electron chi connectivity index (χ0n) is 12.1. The van der Waals surface area contributed by atoms with Gasteiger partial charge in [0.15, 0.2) is 10.4 Å². The molecule has 2 aromatic heterocycles. The number of hydrogen-bond acceptors (Lipinski definition) is 2. The van der Waals surface area contributed by atoms with Gasteiger partial charge in [-0.1, -0.05) is 23.7 Å². The number of nitrogens with zero attached hydrogens (tertiary/aromatic N) is 3. The molecular weight excluding hydrogens is 304 g/mol. The second-order valence-corrected chi connectivity index (χ2v) is 5.88. The van der Waals surface area contributed by atoms with Gasteiger partial charge in [0, 0.05) is 18.1 Å². The lowest BCUT2D eigenvalue weighted by Gasteiger charge is -2.06. The summed E-state index contributed by atoms with van der Waals surface area (Å²) in [6, 6.07) is 7.95. The number of aromatic nitrogens is 4. The molecule has 0 spiro atoms. The Bertz CT molecular complexity index is 826. The molecule has 0 saturated carbocycles. The lowest BCUT2D eigenvalue weighted by atomic mass is 10.1. The summed E-state index contributed by atoms with van der Waals surface area (Å²) < 4.78 is 4.88. The fraction of sp³-hybridized carbons (Fsp3) is 0.333. The molecule has 110 valence electrons. The lowest BCUT2D eigenvalue weighted by molar-refractivity contribution is 0.623. The van der Waals surface area contributed by atoms with Crippen LogP contribution in [-0.2, 0) is 19.5 Å². The van der Waals surface area contributed by atoms with Crippen molar-refractivity contribution in [1.82, 2.24) is 19.3 Å². The van der Waals surface area contributed by atoms with Crippen LogP contribution >= 0.6 is 23.8 Å². The van der Waals surface area contributed by atoms with Gasteiger partial charge in [0.2, 0.25) is 0 Å². The minimum Gasteiger partial charge on any atom is -0.328 e. The number of aryl methyl sites for hydroxylation is 4. The molecule has 0 bridgehead atoms. The van der Waals surface area contributed by atoms with E-state index in [1.165, 1.54) is 5.56 Å². The van der Waals surface area contributed by atoms with Crippen LogP contribution in [0.25, 0.3) is 11.2 Å². The minimum atomic E-state index is 0.752. The van der Waals surface area contributed by atoms with Gasteiger partial charge >= 0.3 is 0 Å². The van der Waals surface area contributed by atoms with Crippen LogP contribution in [0.4, 0.5) is 0 Å². The van der Waals surface area contributed by atoms with Crippen LogP contribution in [0.2, 0.25) is 5.02 Å². The molecule has 0 aliphatic rings. The number of fused-ring (bicyclic) bond motifs is 1. The van der Waals surface area contributed by atoms with E-state index < -0.39 is 0 Å². The molecule has 1 aromatic carbocycles. The van der Waals surface area contributed by atoms with Crippen molar-refractivity contribution in [2.24, 2.45) is 0 Å². The van der Waals surface area contributed by atoms with Crippen molar-refractivity contribution in [2.45, 2.75) is 33.4 Å². The van der Waals surface area contributed by atoms with Gasteiger partial charge < -0.3 is 9.55 Å². The first-order valence-electron chi connectivity index (χ1n) is 7.00. The Morgan fingerprint density at radius 1 is 1.29 bits per heavy atom. The highest BCUT2D eigenvalue weighted by atomic mass is 35.5. The number of hydrogen-bond donors (Lipinski definition) is 1. The van der Waals surface area contributed by atoms with Crippen LogP contribution in [0.3, 0.4) is 0 Å². The van der Waals surface area contributed by atoms with Gasteiger partial charge in [-0.25, -0.2) is 4.68 Å². The molecule has 2 heterocycles. The molecule has 0 aliphatic carbocycles. The summed E-state index contributed by atoms with van der Waals surface area (Å²) in [6.07, 6.45) is 0.909. The molecule has 0 aliphatic heterocycles. The average Bonchev–Trinajstić information content (AvgIpc) is 2.96. The second kappa shape index (κ2) is 5.66. The normalized spacial score (nSPS) is 11.4. The highest BCUT2D eigenvalue weighted by molar-refractivity contribution is 7.71. The maximum atomic E-state index is 5.92. The van der Waals surface area contributed by atoms with Crippen molar-refractivity contribution in [1.29, 1.82) is 0 Å². The molecule has 0 atom stereocenters. The maximum Gasteiger partial charge on any atom is 0.179 e. The van der Waals surface area contributed by atoms with E-state index in [1.807, 2.05) is 23.7 Å². The van der Waals surface area contributed by atoms with Crippen molar-refractivity contribution in [2.75, 3.05) is 0 Å². The molecule has 1 N–H and O–H groups in total. The number of benzene rings is 1. The summed E-state index contributed by atoms with van der Waals surface area (Å²) in [6.45, 7) is 5.75. The zero-order valence-corrected chi connectivity index (χ0v) is 13.6. The van der Waals surface area contributed by atoms with Gasteiger partial charge in [0.1, 0.15) is 5.52 Å². The lowest BCUT2D eigenvalue weighted by Crippen LogP contribution is -2.07. The van der Waals surface area contributed by atoms with Gasteiger partial charge in [0.25, 0.3) is 0 Å². The van der Waals surface area contributed by atoms with Crippen molar-refractivity contribution in [3.63, 3.8) is 0 Å². The standard InChI is InChI=1S/C15H17ClN4S/c1-3-20-14-13(10(2)18-20)17-15(21)19(14)9-8-11-4-6-12(16)7-5-11/h4-7H,3,8-9H2,1-2H3,(H,17,21). The van der Waals surface area contributed by atoms with Gasteiger partial charge in [-0.3, -0.25) is 0 Å². The third kappa shape index (κ3) is 2.63. The molecule has 3 aromatic rings. The summed E-state index contributed by atoms with van der Waals surface area (Å²) in [5.74, 6) is 0. The van der Waals surface area contributed by atoms with Gasteiger partial charge in [-0.05, 0) is 50.2 Å². The number of halogens is 1. The Kier molecular flexibility index (Phi) is 3.87. The number of aromatic amines is 1. The van der Waals surface area contributed by atoms with E-state index >= 15 is 0 Å². The predicted octanol–water partition coefficient (Wildman–Crippen LogP) is 4.12. The van der Waals surface area contributed by atoms with E-state index in [-0.39, 0.29) is 0 Å². The first-order valence-corrected chi connectivity index (χ1v) is 7.79. The first kappa shape index (κ1) is 14.4. The van der Waals surface area contributed by atoms with Crippen LogP contribution in [0.5, 0.6) is 0 Å². The van der Waals surface area contributed by atoms with Gasteiger partial charge in [0.05, 0.1) is 5.69 Å². The summed E-state index contributed by atoms with van der Waals surface area (Å²) in [5.41, 5.74) is 4.35. The van der Waals surface area contributed by atoms with Crippen LogP contribution in [0.15, 0.2) is 24.3 Å². The second-order valence-electron chi connectivity index (χ2n) is 5.06. The van der Waals surface area contributed by atoms with E-state index in [2.05, 4.69) is 33.7 Å². The third-order valence-corrected chi connectivity index (χ3v) is 4.24. The molecule has 4 nitrogen and oxygen atoms in total. The Morgan fingerprint density at radius 2 is 2.00 bits per heavy atom. The molecular formula is C15H17ClN4S. The van der Waals surface area contributed by atoms with E-state index in [0.717, 1.165) is 46.2 Å². The van der Waals surface area contributed by atoms with Crippen LogP contribution in [0.1, 0.15) is 18.2 Å². The number of rotatable bonds is 4. The Hall–Kier alpha value is -1.59. The van der Waals surface area contributed by atoms with E-state index in [0.29, 0.717) is 0 Å². The number of H-pyrrole nitrogens is 1. The van der Waals surface area contributed by atoms with Crippen molar-refractivity contribution < 1.29 is 0 Å². The van der Waals surface area contributed by atoms with E-state index in [4.69, 9.17) is 23.8 Å². The summed E-state index contributed by atoms with van der Waals surface area (Å²) in [5, 5.41) is 5.30. The van der Waals surface area contributed by atoms with Gasteiger partial charge in [-0.15, -0.1) is 0 Å². The smallest absolute Gasteiger partial charge is 0.179 e. The summed E-state index contributed by atoms with van der Waals surface area (Å²) >= 11 is 11.4. The van der Waals surface area contributed by atoms with Crippen LogP contribution in [-0.4, -0.2) is 19.3 Å². The van der Waals surface area contributed by atoms with Crippen molar-refractivity contribution >= 4 is 35.0 Å². The Balaban J connectivity index is 1.94. The fourth-order valence-electron chi connectivity index (χ4n) is 2.58.